The monoisotopic (exact) mass is 224 g/mol. The van der Waals surface area contributed by atoms with Crippen molar-refractivity contribution >= 4 is 12.9 Å². The van der Waals surface area contributed by atoms with Gasteiger partial charge in [-0.2, -0.15) is 0 Å². The Balaban J connectivity index is 2.01. The van der Waals surface area contributed by atoms with E-state index in [4.69, 9.17) is 9.31 Å². The van der Waals surface area contributed by atoms with Crippen LogP contribution in [0.3, 0.4) is 0 Å². The number of hydrogen-bond acceptors (Lipinski definition) is 3. The second kappa shape index (κ2) is 3.85. The quantitative estimate of drug-likeness (QED) is 0.642. The van der Waals surface area contributed by atoms with Crippen molar-refractivity contribution in [3.8, 4) is 0 Å². The van der Waals surface area contributed by atoms with Crippen LogP contribution in [0, 0.1) is 0 Å². The topological polar surface area (TPSA) is 35.5 Å². The van der Waals surface area contributed by atoms with Crippen LogP contribution in [0.5, 0.6) is 0 Å². The molecule has 2 rings (SSSR count). The van der Waals surface area contributed by atoms with Crippen LogP contribution >= 0.6 is 0 Å². The molecule has 0 spiro atoms. The predicted molar refractivity (Wildman–Crippen MR) is 63.3 cm³/mol. The Morgan fingerprint density at radius 2 is 1.50 bits per heavy atom. The fraction of sp³-hybridized carbons (Fsp3) is 0.917. The van der Waals surface area contributed by atoms with Gasteiger partial charge in [-0.15, -0.1) is 0 Å². The first-order chi connectivity index (χ1) is 7.32. The van der Waals surface area contributed by atoms with Gasteiger partial charge >= 0.3 is 7.12 Å². The Morgan fingerprint density at radius 3 is 1.94 bits per heavy atom. The van der Waals surface area contributed by atoms with E-state index >= 15 is 0 Å². The molecule has 2 aliphatic rings. The van der Waals surface area contributed by atoms with E-state index < -0.39 is 0 Å². The van der Waals surface area contributed by atoms with Crippen molar-refractivity contribution in [2.45, 2.75) is 70.4 Å². The zero-order valence-electron chi connectivity index (χ0n) is 10.7. The molecule has 0 aromatic heterocycles. The highest BCUT2D eigenvalue weighted by Crippen LogP contribution is 2.43. The van der Waals surface area contributed by atoms with Crippen molar-refractivity contribution in [1.29, 1.82) is 0 Å². The summed E-state index contributed by atoms with van der Waals surface area (Å²) >= 11 is 0. The molecule has 3 nitrogen and oxygen atoms in total. The number of carbonyl (C=O) groups excluding carboxylic acids is 1. The first kappa shape index (κ1) is 12.1. The summed E-state index contributed by atoms with van der Waals surface area (Å²) in [5.74, 6) is 0.770. The van der Waals surface area contributed by atoms with Gasteiger partial charge in [-0.05, 0) is 46.4 Å². The van der Waals surface area contributed by atoms with Gasteiger partial charge in [0.2, 0.25) is 0 Å². The lowest BCUT2D eigenvalue weighted by Gasteiger charge is -2.32. The maximum atomic E-state index is 11.2. The number of carbonyl (C=O) groups is 1. The lowest BCUT2D eigenvalue weighted by Crippen LogP contribution is -2.41. The van der Waals surface area contributed by atoms with Crippen LogP contribution < -0.4 is 0 Å². The van der Waals surface area contributed by atoms with Gasteiger partial charge in [0.05, 0.1) is 11.2 Å². The molecule has 0 radical (unpaired) electrons. The molecular formula is C12H21BO3. The van der Waals surface area contributed by atoms with E-state index in [9.17, 15) is 4.79 Å². The van der Waals surface area contributed by atoms with Crippen molar-refractivity contribution < 1.29 is 14.1 Å². The molecule has 0 N–H and O–H groups in total. The minimum absolute atomic E-state index is 0.127. The van der Waals surface area contributed by atoms with Crippen LogP contribution in [0.2, 0.25) is 5.82 Å². The summed E-state index contributed by atoms with van der Waals surface area (Å²) in [5, 5.41) is 0. The largest absolute Gasteiger partial charge is 0.461 e. The number of rotatable bonds is 1. The number of Topliss-reactive ketones (excluding diaryl/α,β-unsaturated/α-hetero) is 1. The average Bonchev–Trinajstić information content (AvgIpc) is 2.37. The van der Waals surface area contributed by atoms with Crippen molar-refractivity contribution in [2.24, 2.45) is 0 Å². The molecule has 16 heavy (non-hydrogen) atoms. The van der Waals surface area contributed by atoms with Gasteiger partial charge in [0.1, 0.15) is 5.78 Å². The molecule has 90 valence electrons. The van der Waals surface area contributed by atoms with Crippen molar-refractivity contribution in [3.63, 3.8) is 0 Å². The Bertz CT molecular complexity index is 273. The SMILES string of the molecule is CC1(C)OB(C2CCC(=O)CC2)OC1(C)C. The van der Waals surface area contributed by atoms with Crippen LogP contribution in [0.4, 0.5) is 0 Å². The smallest absolute Gasteiger partial charge is 0.403 e. The summed E-state index contributed by atoms with van der Waals surface area (Å²) in [6.07, 6.45) is 3.20. The highest BCUT2D eigenvalue weighted by Gasteiger charge is 2.53. The first-order valence-electron chi connectivity index (χ1n) is 6.19. The van der Waals surface area contributed by atoms with E-state index in [0.29, 0.717) is 24.4 Å². The number of hydrogen-bond donors (Lipinski definition) is 0. The summed E-state index contributed by atoms with van der Waals surface area (Å²) in [7, 11) is -0.127. The van der Waals surface area contributed by atoms with Gasteiger partial charge in [-0.25, -0.2) is 0 Å². The van der Waals surface area contributed by atoms with Gasteiger partial charge in [-0.3, -0.25) is 4.79 Å². The minimum Gasteiger partial charge on any atom is -0.403 e. The van der Waals surface area contributed by atoms with Crippen molar-refractivity contribution in [1.82, 2.24) is 0 Å². The van der Waals surface area contributed by atoms with Gasteiger partial charge in [0.25, 0.3) is 0 Å². The van der Waals surface area contributed by atoms with Gasteiger partial charge in [0.15, 0.2) is 0 Å². The van der Waals surface area contributed by atoms with Gasteiger partial charge in [-0.1, -0.05) is 0 Å². The van der Waals surface area contributed by atoms with E-state index in [-0.39, 0.29) is 18.3 Å². The standard InChI is InChI=1S/C12H21BO3/c1-11(2)12(3,4)16-13(15-11)9-5-7-10(14)8-6-9/h9H,5-8H2,1-4H3. The molecule has 0 aromatic rings. The molecule has 1 heterocycles. The highest BCUT2D eigenvalue weighted by molar-refractivity contribution is 6.47. The Kier molecular flexibility index (Phi) is 2.91. The third-order valence-corrected chi connectivity index (χ3v) is 4.24. The molecule has 0 bridgehead atoms. The van der Waals surface area contributed by atoms with Crippen LogP contribution in [-0.4, -0.2) is 24.1 Å². The van der Waals surface area contributed by atoms with Crippen LogP contribution in [0.1, 0.15) is 53.4 Å². The zero-order chi connectivity index (χ0) is 12.0. The maximum Gasteiger partial charge on any atom is 0.461 e. The molecule has 0 aromatic carbocycles. The lowest BCUT2D eigenvalue weighted by atomic mass is 9.64. The molecule has 1 saturated heterocycles. The second-order valence-corrected chi connectivity index (χ2v) is 6.00. The Labute approximate surface area is 98.0 Å². The lowest BCUT2D eigenvalue weighted by molar-refractivity contribution is -0.120. The Hall–Kier alpha value is -0.345. The zero-order valence-corrected chi connectivity index (χ0v) is 10.7. The van der Waals surface area contributed by atoms with E-state index in [0.717, 1.165) is 12.8 Å². The third-order valence-electron chi connectivity index (χ3n) is 4.24. The second-order valence-electron chi connectivity index (χ2n) is 6.00. The first-order valence-corrected chi connectivity index (χ1v) is 6.19. The molecule has 2 fully saturated rings. The van der Waals surface area contributed by atoms with Gasteiger partial charge in [0, 0.05) is 12.8 Å². The molecule has 1 aliphatic carbocycles. The summed E-state index contributed by atoms with van der Waals surface area (Å²) in [6, 6.07) is 0. The minimum atomic E-state index is -0.251. The third kappa shape index (κ3) is 2.05. The fourth-order valence-corrected chi connectivity index (χ4v) is 2.32. The Morgan fingerprint density at radius 1 is 1.06 bits per heavy atom. The molecule has 0 amide bonds. The molecule has 4 heteroatoms. The van der Waals surface area contributed by atoms with E-state index in [1.165, 1.54) is 0 Å². The van der Waals surface area contributed by atoms with Crippen LogP contribution in [0.15, 0.2) is 0 Å². The summed E-state index contributed by atoms with van der Waals surface area (Å²) in [6.45, 7) is 8.28. The van der Waals surface area contributed by atoms with E-state index in [1.54, 1.807) is 0 Å². The summed E-state index contributed by atoms with van der Waals surface area (Å²) in [5.41, 5.74) is -0.502. The molecule has 1 saturated carbocycles. The predicted octanol–water partition coefficient (Wildman–Crippen LogP) is 2.59. The average molecular weight is 224 g/mol. The molecule has 0 atom stereocenters. The van der Waals surface area contributed by atoms with Crippen LogP contribution in [-0.2, 0) is 14.1 Å². The number of ketones is 1. The molecular weight excluding hydrogens is 203 g/mol. The van der Waals surface area contributed by atoms with E-state index in [1.807, 2.05) is 0 Å². The highest BCUT2D eigenvalue weighted by atomic mass is 16.7. The fourth-order valence-electron chi connectivity index (χ4n) is 2.32. The normalized spacial score (nSPS) is 29.8. The molecule has 1 aliphatic heterocycles. The van der Waals surface area contributed by atoms with E-state index in [2.05, 4.69) is 27.7 Å². The van der Waals surface area contributed by atoms with Gasteiger partial charge < -0.3 is 9.31 Å². The van der Waals surface area contributed by atoms with Crippen LogP contribution in [0.25, 0.3) is 0 Å². The summed E-state index contributed by atoms with van der Waals surface area (Å²) < 4.78 is 12.0. The molecule has 0 unspecified atom stereocenters. The maximum absolute atomic E-state index is 11.2. The summed E-state index contributed by atoms with van der Waals surface area (Å²) in [4.78, 5) is 11.2. The van der Waals surface area contributed by atoms with Crippen molar-refractivity contribution in [3.05, 3.63) is 0 Å². The van der Waals surface area contributed by atoms with Crippen molar-refractivity contribution in [2.75, 3.05) is 0 Å².